The second-order valence-electron chi connectivity index (χ2n) is 4.67. The zero-order valence-electron chi connectivity index (χ0n) is 10.3. The molecule has 0 saturated heterocycles. The summed E-state index contributed by atoms with van der Waals surface area (Å²) in [5.41, 5.74) is 3.71. The van der Waals surface area contributed by atoms with Crippen molar-refractivity contribution < 1.29 is 4.79 Å². The molecule has 0 aromatic heterocycles. The van der Waals surface area contributed by atoms with Crippen LogP contribution in [0.25, 0.3) is 0 Å². The van der Waals surface area contributed by atoms with Crippen LogP contribution in [0.2, 0.25) is 5.02 Å². The topological polar surface area (TPSA) is 29.1 Å². The number of anilines is 1. The van der Waals surface area contributed by atoms with Crippen molar-refractivity contribution >= 4 is 50.7 Å². The first-order chi connectivity index (χ1) is 9.54. The number of alkyl halides is 1. The van der Waals surface area contributed by atoms with Gasteiger partial charge in [0.1, 0.15) is 0 Å². The van der Waals surface area contributed by atoms with Gasteiger partial charge in [0.2, 0.25) is 5.91 Å². The van der Waals surface area contributed by atoms with E-state index in [1.165, 1.54) is 0 Å². The normalized spacial score (nSPS) is 14.8. The van der Waals surface area contributed by atoms with E-state index in [0.717, 1.165) is 26.9 Å². The first-order valence-corrected chi connectivity index (χ1v) is 7.67. The first-order valence-electron chi connectivity index (χ1n) is 6.06. The largest absolute Gasteiger partial charge is 0.326 e. The van der Waals surface area contributed by atoms with Gasteiger partial charge in [-0.05, 0) is 41.0 Å². The van der Waals surface area contributed by atoms with Crippen LogP contribution in [0.1, 0.15) is 22.1 Å². The van der Waals surface area contributed by atoms with Crippen molar-refractivity contribution in [2.45, 2.75) is 11.8 Å². The average Bonchev–Trinajstić information content (AvgIpc) is 2.79. The van der Waals surface area contributed by atoms with Gasteiger partial charge in [0.05, 0.1) is 11.8 Å². The molecule has 0 fully saturated rings. The van der Waals surface area contributed by atoms with Crippen LogP contribution in [0.5, 0.6) is 0 Å². The molecule has 5 heteroatoms. The van der Waals surface area contributed by atoms with Crippen LogP contribution in [0.4, 0.5) is 5.69 Å². The Labute approximate surface area is 135 Å². The van der Waals surface area contributed by atoms with Crippen molar-refractivity contribution in [1.82, 2.24) is 0 Å². The summed E-state index contributed by atoms with van der Waals surface area (Å²) < 4.78 is 0.914. The van der Waals surface area contributed by atoms with Gasteiger partial charge >= 0.3 is 0 Å². The van der Waals surface area contributed by atoms with Crippen LogP contribution in [0, 0.1) is 0 Å². The van der Waals surface area contributed by atoms with Gasteiger partial charge in [0.15, 0.2) is 0 Å². The lowest BCUT2D eigenvalue weighted by atomic mass is 10.0. The van der Waals surface area contributed by atoms with Crippen molar-refractivity contribution in [1.29, 1.82) is 0 Å². The standard InChI is InChI=1S/C15H10BrCl2NO/c16-12-3-2-10(17)7-11(12)15(18)8-1-4-13-9(5-8)6-14(20)19-13/h1-5,7,15H,6H2,(H,19,20). The van der Waals surface area contributed by atoms with Crippen molar-refractivity contribution in [2.24, 2.45) is 0 Å². The Bertz CT molecular complexity index is 702. The smallest absolute Gasteiger partial charge is 0.228 e. The zero-order chi connectivity index (χ0) is 14.3. The van der Waals surface area contributed by atoms with Gasteiger partial charge in [0, 0.05) is 15.2 Å². The zero-order valence-corrected chi connectivity index (χ0v) is 13.4. The third-order valence-corrected chi connectivity index (χ3v) is 4.72. The minimum atomic E-state index is -0.316. The molecule has 102 valence electrons. The molecule has 1 N–H and O–H groups in total. The van der Waals surface area contributed by atoms with Crippen LogP contribution in [0.3, 0.4) is 0 Å². The molecule has 2 aromatic rings. The van der Waals surface area contributed by atoms with Crippen LogP contribution in [0.15, 0.2) is 40.9 Å². The van der Waals surface area contributed by atoms with E-state index < -0.39 is 0 Å². The summed E-state index contributed by atoms with van der Waals surface area (Å²) in [6, 6.07) is 11.3. The van der Waals surface area contributed by atoms with Crippen molar-refractivity contribution in [3.05, 3.63) is 62.6 Å². The molecule has 0 aliphatic carbocycles. The van der Waals surface area contributed by atoms with E-state index in [1.54, 1.807) is 0 Å². The summed E-state index contributed by atoms with van der Waals surface area (Å²) in [7, 11) is 0. The molecule has 0 radical (unpaired) electrons. The molecule has 20 heavy (non-hydrogen) atoms. The number of fused-ring (bicyclic) bond motifs is 1. The maximum Gasteiger partial charge on any atom is 0.228 e. The Morgan fingerprint density at radius 1 is 1.20 bits per heavy atom. The Kier molecular flexibility index (Phi) is 3.76. The number of carbonyl (C=O) groups is 1. The summed E-state index contributed by atoms with van der Waals surface area (Å²) in [5.74, 6) is 0.0206. The predicted molar refractivity (Wildman–Crippen MR) is 85.6 cm³/mol. The van der Waals surface area contributed by atoms with Gasteiger partial charge in [0.25, 0.3) is 0 Å². The molecular weight excluding hydrogens is 361 g/mol. The number of halogens is 3. The lowest BCUT2D eigenvalue weighted by Gasteiger charge is -2.14. The molecular formula is C15H10BrCl2NO. The number of amides is 1. The van der Waals surface area contributed by atoms with Crippen LogP contribution in [-0.2, 0) is 11.2 Å². The second-order valence-corrected chi connectivity index (χ2v) is 6.40. The summed E-state index contributed by atoms with van der Waals surface area (Å²) in [6.07, 6.45) is 0.406. The Morgan fingerprint density at radius 3 is 2.80 bits per heavy atom. The Balaban J connectivity index is 1.99. The van der Waals surface area contributed by atoms with E-state index in [9.17, 15) is 4.79 Å². The fraction of sp³-hybridized carbons (Fsp3) is 0.133. The van der Waals surface area contributed by atoms with Crippen molar-refractivity contribution in [3.63, 3.8) is 0 Å². The highest BCUT2D eigenvalue weighted by Gasteiger charge is 2.21. The van der Waals surface area contributed by atoms with Crippen molar-refractivity contribution in [2.75, 3.05) is 5.32 Å². The fourth-order valence-corrected chi connectivity index (χ4v) is 3.40. The third kappa shape index (κ3) is 2.58. The van der Waals surface area contributed by atoms with Crippen molar-refractivity contribution in [3.8, 4) is 0 Å². The number of benzene rings is 2. The molecule has 1 aliphatic heterocycles. The molecule has 1 heterocycles. The number of carbonyl (C=O) groups excluding carboxylic acids is 1. The molecule has 0 spiro atoms. The van der Waals surface area contributed by atoms with Gasteiger partial charge in [-0.15, -0.1) is 11.6 Å². The summed E-state index contributed by atoms with van der Waals surface area (Å²) in [4.78, 5) is 11.4. The number of hydrogen-bond acceptors (Lipinski definition) is 1. The molecule has 0 bridgehead atoms. The van der Waals surface area contributed by atoms with E-state index in [4.69, 9.17) is 23.2 Å². The lowest BCUT2D eigenvalue weighted by Crippen LogP contribution is -2.03. The van der Waals surface area contributed by atoms with E-state index in [2.05, 4.69) is 21.2 Å². The SMILES string of the molecule is O=C1Cc2cc(C(Cl)c3cc(Cl)ccc3Br)ccc2N1. The molecule has 1 amide bonds. The van der Waals surface area contributed by atoms with E-state index in [-0.39, 0.29) is 11.3 Å². The predicted octanol–water partition coefficient (Wildman–Crippen LogP) is 4.93. The van der Waals surface area contributed by atoms with Gasteiger partial charge in [-0.3, -0.25) is 4.79 Å². The minimum absolute atomic E-state index is 0.0206. The summed E-state index contributed by atoms with van der Waals surface area (Å²) in [6.45, 7) is 0. The highest BCUT2D eigenvalue weighted by Crippen LogP contribution is 2.37. The highest BCUT2D eigenvalue weighted by atomic mass is 79.9. The summed E-state index contributed by atoms with van der Waals surface area (Å²) in [5, 5.41) is 3.14. The molecule has 3 rings (SSSR count). The Morgan fingerprint density at radius 2 is 2.00 bits per heavy atom. The minimum Gasteiger partial charge on any atom is -0.326 e. The molecule has 0 saturated carbocycles. The summed E-state index contributed by atoms with van der Waals surface area (Å²) >= 11 is 16.1. The van der Waals surface area contributed by atoms with Gasteiger partial charge in [-0.25, -0.2) is 0 Å². The molecule has 1 atom stereocenters. The molecule has 2 nitrogen and oxygen atoms in total. The molecule has 1 aliphatic rings. The maximum atomic E-state index is 11.4. The van der Waals surface area contributed by atoms with Crippen LogP contribution < -0.4 is 5.32 Å². The van der Waals surface area contributed by atoms with Gasteiger partial charge in [-0.2, -0.15) is 0 Å². The fourth-order valence-electron chi connectivity index (χ4n) is 2.30. The van der Waals surface area contributed by atoms with E-state index >= 15 is 0 Å². The average molecular weight is 371 g/mol. The van der Waals surface area contributed by atoms with Gasteiger partial charge in [-0.1, -0.05) is 39.7 Å². The molecule has 2 aromatic carbocycles. The number of rotatable bonds is 2. The number of hydrogen-bond donors (Lipinski definition) is 1. The third-order valence-electron chi connectivity index (χ3n) is 3.28. The first kappa shape index (κ1) is 13.9. The lowest BCUT2D eigenvalue weighted by molar-refractivity contribution is -0.115. The second kappa shape index (κ2) is 5.40. The monoisotopic (exact) mass is 369 g/mol. The quantitative estimate of drug-likeness (QED) is 0.746. The van der Waals surface area contributed by atoms with Crippen LogP contribution >= 0.6 is 39.1 Å². The van der Waals surface area contributed by atoms with E-state index in [1.807, 2.05) is 36.4 Å². The van der Waals surface area contributed by atoms with E-state index in [0.29, 0.717) is 11.4 Å². The molecule has 1 unspecified atom stereocenters. The van der Waals surface area contributed by atoms with Crippen LogP contribution in [-0.4, -0.2) is 5.91 Å². The Hall–Kier alpha value is -1.03. The highest BCUT2D eigenvalue weighted by molar-refractivity contribution is 9.10. The van der Waals surface area contributed by atoms with Gasteiger partial charge < -0.3 is 5.32 Å². The number of nitrogens with one attached hydrogen (secondary N) is 1. The maximum absolute atomic E-state index is 11.4.